The lowest BCUT2D eigenvalue weighted by atomic mass is 10.1. The summed E-state index contributed by atoms with van der Waals surface area (Å²) < 4.78 is 22.9. The van der Waals surface area contributed by atoms with Crippen molar-refractivity contribution < 1.29 is 13.2 Å². The number of halogens is 1. The fraction of sp³-hybridized carbons (Fsp3) is 0.333. The summed E-state index contributed by atoms with van der Waals surface area (Å²) in [6, 6.07) is 7.57. The van der Waals surface area contributed by atoms with Crippen LogP contribution in [0.3, 0.4) is 0 Å². The second-order valence-electron chi connectivity index (χ2n) is 5.52. The fourth-order valence-electron chi connectivity index (χ4n) is 2.46. The molecule has 1 aliphatic rings. The molecule has 2 heterocycles. The van der Waals surface area contributed by atoms with E-state index in [9.17, 15) is 13.2 Å². The van der Waals surface area contributed by atoms with Crippen LogP contribution in [0.2, 0.25) is 5.02 Å². The predicted molar refractivity (Wildman–Crippen MR) is 91.8 cm³/mol. The van der Waals surface area contributed by atoms with Crippen LogP contribution in [0, 0.1) is 5.92 Å². The van der Waals surface area contributed by atoms with Gasteiger partial charge < -0.3 is 5.32 Å². The van der Waals surface area contributed by atoms with Gasteiger partial charge in [0.25, 0.3) is 0 Å². The number of amides is 1. The Kier molecular flexibility index (Phi) is 4.70. The molecule has 5 nitrogen and oxygen atoms in total. The van der Waals surface area contributed by atoms with E-state index in [2.05, 4.69) is 10.3 Å². The maximum Gasteiger partial charge on any atom is 0.230 e. The van der Waals surface area contributed by atoms with Gasteiger partial charge >= 0.3 is 0 Å². The molecular weight excluding hydrogens is 356 g/mol. The molecule has 1 aromatic heterocycles. The Bertz CT molecular complexity index is 816. The van der Waals surface area contributed by atoms with E-state index in [1.165, 1.54) is 11.3 Å². The summed E-state index contributed by atoms with van der Waals surface area (Å²) in [5, 5.41) is 3.92. The Morgan fingerprint density at radius 3 is 2.74 bits per heavy atom. The number of hydrogen-bond acceptors (Lipinski definition) is 5. The highest BCUT2D eigenvalue weighted by atomic mass is 35.5. The van der Waals surface area contributed by atoms with Crippen molar-refractivity contribution in [1.82, 2.24) is 4.98 Å². The van der Waals surface area contributed by atoms with Gasteiger partial charge in [-0.15, -0.1) is 11.3 Å². The first-order chi connectivity index (χ1) is 10.9. The summed E-state index contributed by atoms with van der Waals surface area (Å²) in [6.07, 6.45) is 2.82. The highest BCUT2D eigenvalue weighted by Gasteiger charge is 2.33. The highest BCUT2D eigenvalue weighted by molar-refractivity contribution is 7.91. The molecule has 0 unspecified atom stereocenters. The van der Waals surface area contributed by atoms with Crippen LogP contribution >= 0.6 is 22.9 Å². The van der Waals surface area contributed by atoms with E-state index in [1.54, 1.807) is 6.20 Å². The molecule has 0 radical (unpaired) electrons. The molecule has 0 aliphatic carbocycles. The van der Waals surface area contributed by atoms with Gasteiger partial charge in [0.05, 0.1) is 17.4 Å². The number of benzene rings is 1. The van der Waals surface area contributed by atoms with Gasteiger partial charge in [-0.2, -0.15) is 0 Å². The van der Waals surface area contributed by atoms with Gasteiger partial charge in [0.1, 0.15) is 0 Å². The van der Waals surface area contributed by atoms with E-state index >= 15 is 0 Å². The minimum atomic E-state index is -3.06. The average molecular weight is 371 g/mol. The minimum absolute atomic E-state index is 0.0676. The largest absolute Gasteiger partial charge is 0.302 e. The number of carbonyl (C=O) groups excluding carboxylic acids is 1. The predicted octanol–water partition coefficient (Wildman–Crippen LogP) is 2.76. The van der Waals surface area contributed by atoms with Crippen LogP contribution < -0.4 is 5.32 Å². The molecule has 122 valence electrons. The zero-order chi connectivity index (χ0) is 16.4. The Hall–Kier alpha value is -1.44. The van der Waals surface area contributed by atoms with Gasteiger partial charge in [0.15, 0.2) is 15.0 Å². The van der Waals surface area contributed by atoms with Crippen molar-refractivity contribution in [1.29, 1.82) is 0 Å². The lowest BCUT2D eigenvalue weighted by Crippen LogP contribution is -2.23. The van der Waals surface area contributed by atoms with E-state index in [4.69, 9.17) is 11.6 Å². The molecule has 1 saturated heterocycles. The lowest BCUT2D eigenvalue weighted by Gasteiger charge is -2.06. The normalized spacial score (nSPS) is 19.6. The molecule has 0 saturated carbocycles. The average Bonchev–Trinajstić information content (AvgIpc) is 3.08. The molecule has 3 rings (SSSR count). The minimum Gasteiger partial charge on any atom is -0.302 e. The lowest BCUT2D eigenvalue weighted by molar-refractivity contribution is -0.119. The van der Waals surface area contributed by atoms with Crippen LogP contribution in [0.4, 0.5) is 5.13 Å². The SMILES string of the molecule is O=C(Nc1ncc(Cc2ccc(Cl)cc2)s1)[C@@H]1CCS(=O)(=O)C1. The monoisotopic (exact) mass is 370 g/mol. The van der Waals surface area contributed by atoms with Gasteiger partial charge in [0, 0.05) is 22.5 Å². The van der Waals surface area contributed by atoms with Crippen LogP contribution in [0.25, 0.3) is 0 Å². The van der Waals surface area contributed by atoms with E-state index in [-0.39, 0.29) is 17.4 Å². The Morgan fingerprint density at radius 1 is 1.35 bits per heavy atom. The molecule has 1 amide bonds. The third-order valence-corrected chi connectivity index (χ3v) is 6.61. The summed E-state index contributed by atoms with van der Waals surface area (Å²) in [5.41, 5.74) is 1.11. The molecule has 0 spiro atoms. The summed E-state index contributed by atoms with van der Waals surface area (Å²) in [6.45, 7) is 0. The van der Waals surface area contributed by atoms with Crippen molar-refractivity contribution in [3.05, 3.63) is 45.9 Å². The van der Waals surface area contributed by atoms with Crippen molar-refractivity contribution in [2.75, 3.05) is 16.8 Å². The van der Waals surface area contributed by atoms with Crippen molar-refractivity contribution in [3.63, 3.8) is 0 Å². The number of nitrogens with zero attached hydrogens (tertiary/aromatic N) is 1. The van der Waals surface area contributed by atoms with Gasteiger partial charge in [-0.05, 0) is 24.1 Å². The van der Waals surface area contributed by atoms with E-state index in [1.807, 2.05) is 24.3 Å². The molecule has 23 heavy (non-hydrogen) atoms. The zero-order valence-corrected chi connectivity index (χ0v) is 14.5. The molecule has 0 bridgehead atoms. The van der Waals surface area contributed by atoms with Crippen LogP contribution in [-0.2, 0) is 21.1 Å². The molecule has 8 heteroatoms. The third kappa shape index (κ3) is 4.31. The van der Waals surface area contributed by atoms with Crippen LogP contribution in [0.15, 0.2) is 30.5 Å². The number of carbonyl (C=O) groups is 1. The molecule has 1 N–H and O–H groups in total. The zero-order valence-electron chi connectivity index (χ0n) is 12.2. The van der Waals surface area contributed by atoms with Gasteiger partial charge in [-0.25, -0.2) is 13.4 Å². The van der Waals surface area contributed by atoms with Crippen molar-refractivity contribution in [3.8, 4) is 0 Å². The molecule has 2 aromatic rings. The maximum atomic E-state index is 12.1. The number of anilines is 1. The van der Waals surface area contributed by atoms with E-state index in [0.29, 0.717) is 23.0 Å². The number of aromatic nitrogens is 1. The van der Waals surface area contributed by atoms with Crippen LogP contribution in [-0.4, -0.2) is 30.8 Å². The van der Waals surface area contributed by atoms with Gasteiger partial charge in [0.2, 0.25) is 5.91 Å². The van der Waals surface area contributed by atoms with Crippen LogP contribution in [0.1, 0.15) is 16.9 Å². The number of sulfone groups is 1. The van der Waals surface area contributed by atoms with Crippen LogP contribution in [0.5, 0.6) is 0 Å². The standard InChI is InChI=1S/C15H15ClN2O3S2/c16-12-3-1-10(2-4-12)7-13-8-17-15(22-13)18-14(19)11-5-6-23(20,21)9-11/h1-4,8,11H,5-7,9H2,(H,17,18,19)/t11-/m1/s1. The van der Waals surface area contributed by atoms with Gasteiger partial charge in [-0.3, -0.25) is 4.79 Å². The number of nitrogens with one attached hydrogen (secondary N) is 1. The molecule has 1 atom stereocenters. The number of thiazole rings is 1. The first kappa shape index (κ1) is 16.4. The maximum absolute atomic E-state index is 12.1. The quantitative estimate of drug-likeness (QED) is 0.897. The van der Waals surface area contributed by atoms with Gasteiger partial charge in [-0.1, -0.05) is 23.7 Å². The molecule has 1 fully saturated rings. The summed E-state index contributed by atoms with van der Waals surface area (Å²) in [5.74, 6) is -0.714. The van der Waals surface area contributed by atoms with E-state index < -0.39 is 15.8 Å². The first-order valence-corrected chi connectivity index (χ1v) is 10.1. The number of rotatable bonds is 4. The van der Waals surface area contributed by atoms with Crippen molar-refractivity contribution in [2.45, 2.75) is 12.8 Å². The topological polar surface area (TPSA) is 76.1 Å². The highest BCUT2D eigenvalue weighted by Crippen LogP contribution is 2.24. The Morgan fingerprint density at radius 2 is 2.09 bits per heavy atom. The first-order valence-electron chi connectivity index (χ1n) is 7.12. The Balaban J connectivity index is 1.61. The summed E-state index contributed by atoms with van der Waals surface area (Å²) in [7, 11) is -3.06. The third-order valence-electron chi connectivity index (χ3n) is 3.68. The second kappa shape index (κ2) is 6.59. The van der Waals surface area contributed by atoms with E-state index in [0.717, 1.165) is 10.4 Å². The molecule has 1 aliphatic heterocycles. The number of hydrogen-bond donors (Lipinski definition) is 1. The fourth-order valence-corrected chi connectivity index (χ4v) is 5.18. The summed E-state index contributed by atoms with van der Waals surface area (Å²) >= 11 is 7.25. The molecule has 1 aromatic carbocycles. The molecular formula is C15H15ClN2O3S2. The van der Waals surface area contributed by atoms with Crippen molar-refractivity contribution in [2.24, 2.45) is 5.92 Å². The summed E-state index contributed by atoms with van der Waals surface area (Å²) in [4.78, 5) is 17.3. The second-order valence-corrected chi connectivity index (χ2v) is 9.30. The van der Waals surface area contributed by atoms with Crippen molar-refractivity contribution >= 4 is 43.8 Å². The smallest absolute Gasteiger partial charge is 0.230 e. The Labute approximate surface area is 143 Å².